The van der Waals surface area contributed by atoms with Crippen LogP contribution in [0.5, 0.6) is 0 Å². The van der Waals surface area contributed by atoms with Crippen LogP contribution < -0.4 is 4.89 Å². The second kappa shape index (κ2) is 5.39. The molecule has 1 rings (SSSR count). The number of benzene rings is 1. The van der Waals surface area contributed by atoms with E-state index < -0.39 is 26.8 Å². The summed E-state index contributed by atoms with van der Waals surface area (Å²) in [4.78, 5) is 16.4. The van der Waals surface area contributed by atoms with E-state index in [2.05, 4.69) is 4.84 Å². The number of hydrogen-bond acceptors (Lipinski definition) is 5. The summed E-state index contributed by atoms with van der Waals surface area (Å²) >= 11 is 0. The summed E-state index contributed by atoms with van der Waals surface area (Å²) in [6.07, 6.45) is 1.36. The van der Waals surface area contributed by atoms with Crippen molar-refractivity contribution in [1.82, 2.24) is 4.89 Å². The standard InChI is InChI=1S/C9H11NO5S2/c1-7(11)15-10-17(13,14)9-6-4-3-5-8(9)16(2)12/h3-6,10H,1-2H3. The third-order valence-electron chi connectivity index (χ3n) is 1.74. The largest absolute Gasteiger partial charge is 0.356 e. The van der Waals surface area contributed by atoms with Crippen molar-refractivity contribution in [1.29, 1.82) is 0 Å². The Morgan fingerprint density at radius 3 is 2.47 bits per heavy atom. The molecule has 0 saturated heterocycles. The number of carbonyl (C=O) groups is 1. The maximum Gasteiger partial charge on any atom is 0.323 e. The van der Waals surface area contributed by atoms with Gasteiger partial charge in [-0.15, -0.1) is 0 Å². The Hall–Kier alpha value is -1.25. The van der Waals surface area contributed by atoms with E-state index in [1.807, 2.05) is 0 Å². The van der Waals surface area contributed by atoms with E-state index in [4.69, 9.17) is 0 Å². The highest BCUT2D eigenvalue weighted by atomic mass is 32.2. The van der Waals surface area contributed by atoms with Gasteiger partial charge >= 0.3 is 5.97 Å². The molecule has 1 aromatic carbocycles. The second-order valence-electron chi connectivity index (χ2n) is 3.08. The predicted octanol–water partition coefficient (Wildman–Crippen LogP) is 0.180. The summed E-state index contributed by atoms with van der Waals surface area (Å²) in [6, 6.07) is 5.77. The van der Waals surface area contributed by atoms with Crippen LogP contribution >= 0.6 is 0 Å². The van der Waals surface area contributed by atoms with Gasteiger partial charge in [-0.05, 0) is 17.0 Å². The molecular weight excluding hydrogens is 266 g/mol. The van der Waals surface area contributed by atoms with Gasteiger partial charge in [0, 0.05) is 13.2 Å². The van der Waals surface area contributed by atoms with Gasteiger partial charge in [0.1, 0.15) is 4.90 Å². The molecule has 0 heterocycles. The smallest absolute Gasteiger partial charge is 0.323 e. The first-order valence-electron chi connectivity index (χ1n) is 4.46. The molecule has 0 aliphatic rings. The summed E-state index contributed by atoms with van der Waals surface area (Å²) in [5.41, 5.74) is 0. The second-order valence-corrected chi connectivity index (χ2v) is 6.04. The van der Waals surface area contributed by atoms with Crippen LogP contribution in [0.15, 0.2) is 34.1 Å². The van der Waals surface area contributed by atoms with Gasteiger partial charge in [-0.2, -0.15) is 0 Å². The monoisotopic (exact) mass is 277 g/mol. The van der Waals surface area contributed by atoms with E-state index in [-0.39, 0.29) is 9.79 Å². The summed E-state index contributed by atoms with van der Waals surface area (Å²) < 4.78 is 34.8. The minimum Gasteiger partial charge on any atom is -0.356 e. The Morgan fingerprint density at radius 1 is 1.35 bits per heavy atom. The van der Waals surface area contributed by atoms with Crippen molar-refractivity contribution in [3.05, 3.63) is 24.3 Å². The fraction of sp³-hybridized carbons (Fsp3) is 0.222. The highest BCUT2D eigenvalue weighted by Crippen LogP contribution is 2.17. The number of hydrogen-bond donors (Lipinski definition) is 1. The maximum atomic E-state index is 11.7. The van der Waals surface area contributed by atoms with Gasteiger partial charge in [-0.3, -0.25) is 9.00 Å². The lowest BCUT2D eigenvalue weighted by Gasteiger charge is -2.08. The summed E-state index contributed by atoms with van der Waals surface area (Å²) in [7, 11) is -5.48. The van der Waals surface area contributed by atoms with Crippen LogP contribution in [0.3, 0.4) is 0 Å². The quantitative estimate of drug-likeness (QED) is 0.793. The molecule has 0 aliphatic heterocycles. The summed E-state index contributed by atoms with van der Waals surface area (Å²) in [5, 5.41) is 0. The lowest BCUT2D eigenvalue weighted by atomic mass is 10.4. The van der Waals surface area contributed by atoms with Crippen molar-refractivity contribution in [3.63, 3.8) is 0 Å². The molecular formula is C9H11NO5S2. The Balaban J connectivity index is 3.15. The first-order chi connectivity index (χ1) is 7.84. The van der Waals surface area contributed by atoms with Crippen LogP contribution in [0.25, 0.3) is 0 Å². The molecule has 17 heavy (non-hydrogen) atoms. The van der Waals surface area contributed by atoms with Crippen LogP contribution in [0.2, 0.25) is 0 Å². The SMILES string of the molecule is CC(=O)ONS(=O)(=O)c1ccccc1S(C)=O. The van der Waals surface area contributed by atoms with Gasteiger partial charge in [0.2, 0.25) is 0 Å². The summed E-state index contributed by atoms with van der Waals surface area (Å²) in [5.74, 6) is -0.788. The van der Waals surface area contributed by atoms with E-state index in [1.165, 1.54) is 24.5 Å². The molecule has 0 saturated carbocycles. The first kappa shape index (κ1) is 13.8. The molecule has 0 aliphatic carbocycles. The molecule has 94 valence electrons. The van der Waals surface area contributed by atoms with Crippen molar-refractivity contribution < 1.29 is 22.3 Å². The molecule has 1 unspecified atom stereocenters. The fourth-order valence-electron chi connectivity index (χ4n) is 1.07. The minimum absolute atomic E-state index is 0.146. The highest BCUT2D eigenvalue weighted by Gasteiger charge is 2.20. The number of nitrogens with one attached hydrogen (secondary N) is 1. The molecule has 8 heteroatoms. The molecule has 1 N–H and O–H groups in total. The van der Waals surface area contributed by atoms with Crippen LogP contribution in [-0.4, -0.2) is 24.9 Å². The minimum atomic E-state index is -4.02. The Bertz CT molecular complexity index is 552. The average Bonchev–Trinajstić information content (AvgIpc) is 2.26. The predicted molar refractivity (Wildman–Crippen MR) is 60.9 cm³/mol. The third-order valence-corrected chi connectivity index (χ3v) is 4.09. The van der Waals surface area contributed by atoms with E-state index in [9.17, 15) is 17.4 Å². The van der Waals surface area contributed by atoms with Gasteiger partial charge in [0.05, 0.1) is 15.7 Å². The molecule has 0 radical (unpaired) electrons. The van der Waals surface area contributed by atoms with Gasteiger partial charge in [0.15, 0.2) is 0 Å². The van der Waals surface area contributed by atoms with Gasteiger partial charge in [-0.1, -0.05) is 12.1 Å². The van der Waals surface area contributed by atoms with Gasteiger partial charge in [-0.25, -0.2) is 8.42 Å². The van der Waals surface area contributed by atoms with Crippen molar-refractivity contribution in [2.45, 2.75) is 16.7 Å². The fourth-order valence-corrected chi connectivity index (χ4v) is 3.28. The molecule has 0 bridgehead atoms. The maximum absolute atomic E-state index is 11.7. The van der Waals surface area contributed by atoms with Crippen molar-refractivity contribution in [2.24, 2.45) is 0 Å². The third kappa shape index (κ3) is 3.62. The Morgan fingerprint density at radius 2 is 1.94 bits per heavy atom. The topological polar surface area (TPSA) is 89.5 Å². The molecule has 6 nitrogen and oxygen atoms in total. The zero-order valence-electron chi connectivity index (χ0n) is 9.17. The number of carbonyl (C=O) groups excluding carboxylic acids is 1. The van der Waals surface area contributed by atoms with Crippen molar-refractivity contribution in [2.75, 3.05) is 6.26 Å². The van der Waals surface area contributed by atoms with E-state index in [0.29, 0.717) is 0 Å². The zero-order valence-corrected chi connectivity index (χ0v) is 10.8. The van der Waals surface area contributed by atoms with E-state index in [0.717, 1.165) is 6.92 Å². The van der Waals surface area contributed by atoms with Crippen LogP contribution in [0.4, 0.5) is 0 Å². The van der Waals surface area contributed by atoms with Gasteiger partial charge < -0.3 is 4.84 Å². The first-order valence-corrected chi connectivity index (χ1v) is 7.50. The molecule has 1 aromatic rings. The normalized spacial score (nSPS) is 13.1. The summed E-state index contributed by atoms with van der Waals surface area (Å²) in [6.45, 7) is 1.06. The Kier molecular flexibility index (Phi) is 4.38. The molecule has 0 fully saturated rings. The van der Waals surface area contributed by atoms with Crippen molar-refractivity contribution >= 4 is 26.8 Å². The van der Waals surface area contributed by atoms with Crippen LogP contribution in [0, 0.1) is 0 Å². The zero-order chi connectivity index (χ0) is 13.1. The highest BCUT2D eigenvalue weighted by molar-refractivity contribution is 7.90. The van der Waals surface area contributed by atoms with Crippen LogP contribution in [-0.2, 0) is 30.5 Å². The molecule has 0 amide bonds. The lowest BCUT2D eigenvalue weighted by molar-refractivity contribution is -0.144. The van der Waals surface area contributed by atoms with Crippen molar-refractivity contribution in [3.8, 4) is 0 Å². The van der Waals surface area contributed by atoms with Gasteiger partial charge in [0.25, 0.3) is 10.0 Å². The molecule has 0 aromatic heterocycles. The van der Waals surface area contributed by atoms with E-state index >= 15 is 0 Å². The molecule has 1 atom stereocenters. The van der Waals surface area contributed by atoms with Crippen LogP contribution in [0.1, 0.15) is 6.92 Å². The number of sulfonamides is 1. The Labute approximate surface area is 101 Å². The molecule has 0 spiro atoms. The lowest BCUT2D eigenvalue weighted by Crippen LogP contribution is -2.27. The number of rotatable bonds is 4. The van der Waals surface area contributed by atoms with E-state index in [1.54, 1.807) is 11.0 Å². The average molecular weight is 277 g/mol.